The van der Waals surface area contributed by atoms with E-state index in [1.807, 2.05) is 60.7 Å². The molecule has 4 nitrogen and oxygen atoms in total. The van der Waals surface area contributed by atoms with Gasteiger partial charge in [-0.25, -0.2) is 15.0 Å². The average molecular weight is 675 g/mol. The smallest absolute Gasteiger partial charge is 0.164 e. The Morgan fingerprint density at radius 1 is 0.302 bits per heavy atom. The number of para-hydroxylation sites is 1. The normalized spacial score (nSPS) is 11.8. The highest BCUT2D eigenvalue weighted by molar-refractivity contribution is 6.29. The summed E-state index contributed by atoms with van der Waals surface area (Å²) in [5.74, 6) is 1.97. The molecule has 4 heteroatoms. The fraction of sp³-hybridized carbons (Fsp3) is 0. The monoisotopic (exact) mass is 674 g/mol. The number of hydrogen-bond acceptors (Lipinski definition) is 3. The van der Waals surface area contributed by atoms with Crippen molar-refractivity contribution >= 4 is 64.9 Å². The molecule has 0 unspecified atom stereocenters. The Morgan fingerprint density at radius 2 is 0.849 bits per heavy atom. The molecule has 0 aliphatic rings. The Balaban J connectivity index is 1.07. The number of nitrogens with zero attached hydrogens (tertiary/aromatic N) is 4. The van der Waals surface area contributed by atoms with Crippen molar-refractivity contribution in [1.82, 2.24) is 19.5 Å². The average Bonchev–Trinajstić information content (AvgIpc) is 3.58. The maximum atomic E-state index is 4.97. The van der Waals surface area contributed by atoms with E-state index in [0.717, 1.165) is 33.2 Å². The van der Waals surface area contributed by atoms with Gasteiger partial charge in [0.25, 0.3) is 0 Å². The Bertz CT molecular complexity index is 3160. The molecule has 0 aliphatic heterocycles. The van der Waals surface area contributed by atoms with E-state index in [9.17, 15) is 0 Å². The summed E-state index contributed by atoms with van der Waals surface area (Å²) in [5, 5.41) is 12.5. The van der Waals surface area contributed by atoms with Crippen LogP contribution >= 0.6 is 0 Å². The van der Waals surface area contributed by atoms with Gasteiger partial charge >= 0.3 is 0 Å². The second kappa shape index (κ2) is 11.7. The molecule has 11 rings (SSSR count). The third-order valence-electron chi connectivity index (χ3n) is 10.6. The first-order valence-electron chi connectivity index (χ1n) is 17.9. The maximum absolute atomic E-state index is 4.97. The zero-order valence-electron chi connectivity index (χ0n) is 28.6. The van der Waals surface area contributed by atoms with Crippen LogP contribution in [-0.2, 0) is 0 Å². The molecule has 0 spiro atoms. The quantitative estimate of drug-likeness (QED) is 0.175. The molecule has 2 aromatic heterocycles. The molecule has 9 aromatic carbocycles. The SMILES string of the molecule is c1ccc(-c2nc(-c3ccccc3)nc(-c3ccc4cc(-n5c6ccccc6c6c7ccc8ccc9ccccc9c8c7ccc65)ccc4c3)n2)cc1. The van der Waals surface area contributed by atoms with Gasteiger partial charge in [0.1, 0.15) is 0 Å². The van der Waals surface area contributed by atoms with Crippen LogP contribution in [0.3, 0.4) is 0 Å². The third-order valence-corrected chi connectivity index (χ3v) is 10.6. The molecule has 2 heterocycles. The summed E-state index contributed by atoms with van der Waals surface area (Å²) in [7, 11) is 0. The fourth-order valence-electron chi connectivity index (χ4n) is 8.11. The van der Waals surface area contributed by atoms with Crippen LogP contribution in [0.15, 0.2) is 182 Å². The van der Waals surface area contributed by atoms with Gasteiger partial charge in [-0.1, -0.05) is 152 Å². The van der Waals surface area contributed by atoms with Crippen LogP contribution in [0.2, 0.25) is 0 Å². The maximum Gasteiger partial charge on any atom is 0.164 e. The van der Waals surface area contributed by atoms with Gasteiger partial charge in [0.2, 0.25) is 0 Å². The second-order valence-corrected chi connectivity index (χ2v) is 13.6. The summed E-state index contributed by atoms with van der Waals surface area (Å²) >= 11 is 0. The van der Waals surface area contributed by atoms with Gasteiger partial charge in [-0.2, -0.15) is 0 Å². The number of rotatable bonds is 4. The van der Waals surface area contributed by atoms with Crippen molar-refractivity contribution in [2.45, 2.75) is 0 Å². The van der Waals surface area contributed by atoms with Gasteiger partial charge in [0, 0.05) is 33.2 Å². The largest absolute Gasteiger partial charge is 0.309 e. The number of benzene rings is 9. The minimum atomic E-state index is 0.651. The first-order chi connectivity index (χ1) is 26.3. The van der Waals surface area contributed by atoms with Gasteiger partial charge in [0.15, 0.2) is 17.5 Å². The molecule has 0 atom stereocenters. The minimum absolute atomic E-state index is 0.651. The highest BCUT2D eigenvalue weighted by Crippen LogP contribution is 2.41. The van der Waals surface area contributed by atoms with Crippen molar-refractivity contribution in [2.75, 3.05) is 0 Å². The highest BCUT2D eigenvalue weighted by Gasteiger charge is 2.17. The van der Waals surface area contributed by atoms with Crippen molar-refractivity contribution < 1.29 is 0 Å². The first kappa shape index (κ1) is 29.5. The van der Waals surface area contributed by atoms with E-state index in [1.165, 1.54) is 54.1 Å². The Hall–Kier alpha value is -7.17. The number of fused-ring (bicyclic) bond motifs is 10. The van der Waals surface area contributed by atoms with Crippen LogP contribution in [0.4, 0.5) is 0 Å². The van der Waals surface area contributed by atoms with E-state index in [-0.39, 0.29) is 0 Å². The lowest BCUT2D eigenvalue weighted by Gasteiger charge is -2.12. The molecule has 0 radical (unpaired) electrons. The highest BCUT2D eigenvalue weighted by atomic mass is 15.0. The van der Waals surface area contributed by atoms with Crippen molar-refractivity contribution in [3.8, 4) is 39.9 Å². The molecular weight excluding hydrogens is 645 g/mol. The van der Waals surface area contributed by atoms with E-state index in [2.05, 4.69) is 126 Å². The molecule has 246 valence electrons. The van der Waals surface area contributed by atoms with Crippen molar-refractivity contribution in [2.24, 2.45) is 0 Å². The van der Waals surface area contributed by atoms with Gasteiger partial charge < -0.3 is 4.57 Å². The van der Waals surface area contributed by atoms with E-state index < -0.39 is 0 Å². The molecule has 11 aromatic rings. The van der Waals surface area contributed by atoms with Crippen LogP contribution in [0, 0.1) is 0 Å². The summed E-state index contributed by atoms with van der Waals surface area (Å²) < 4.78 is 2.41. The molecule has 0 aliphatic carbocycles. The standard InChI is InChI=1S/C49H30N4/c1-3-12-33(13-4-1)47-50-48(34-14-5-2-6-15-34)52-49(51-47)37-22-21-36-30-38(25-23-35(36)29-37)53-43-18-10-9-17-42(43)46-41-26-24-32-20-19-31-11-7-8-16-39(31)45(32)40(41)27-28-44(46)53/h1-30H. The van der Waals surface area contributed by atoms with E-state index in [0.29, 0.717) is 17.5 Å². The molecule has 0 fully saturated rings. The fourth-order valence-corrected chi connectivity index (χ4v) is 8.11. The van der Waals surface area contributed by atoms with Gasteiger partial charge in [-0.3, -0.25) is 0 Å². The van der Waals surface area contributed by atoms with Crippen LogP contribution in [-0.4, -0.2) is 19.5 Å². The molecule has 0 saturated carbocycles. The van der Waals surface area contributed by atoms with Crippen molar-refractivity contribution in [3.05, 3.63) is 182 Å². The first-order valence-corrected chi connectivity index (χ1v) is 17.9. The molecule has 0 amide bonds. The molecule has 0 N–H and O–H groups in total. The number of aromatic nitrogens is 4. The van der Waals surface area contributed by atoms with Gasteiger partial charge in [-0.05, 0) is 73.4 Å². The number of hydrogen-bond donors (Lipinski definition) is 0. The molecule has 0 saturated heterocycles. The van der Waals surface area contributed by atoms with Crippen molar-refractivity contribution in [3.63, 3.8) is 0 Å². The van der Waals surface area contributed by atoms with Gasteiger partial charge in [0.05, 0.1) is 11.0 Å². The van der Waals surface area contributed by atoms with E-state index in [4.69, 9.17) is 15.0 Å². The Kier molecular flexibility index (Phi) is 6.52. The zero-order valence-corrected chi connectivity index (χ0v) is 28.6. The summed E-state index contributed by atoms with van der Waals surface area (Å²) in [6.07, 6.45) is 0. The lowest BCUT2D eigenvalue weighted by Crippen LogP contribution is -2.00. The predicted octanol–water partition coefficient (Wildman–Crippen LogP) is 12.6. The van der Waals surface area contributed by atoms with E-state index in [1.54, 1.807) is 0 Å². The lowest BCUT2D eigenvalue weighted by atomic mass is 9.94. The third kappa shape index (κ3) is 4.73. The predicted molar refractivity (Wildman–Crippen MR) is 220 cm³/mol. The summed E-state index contributed by atoms with van der Waals surface area (Å²) in [4.78, 5) is 14.8. The second-order valence-electron chi connectivity index (χ2n) is 13.6. The van der Waals surface area contributed by atoms with Gasteiger partial charge in [-0.15, -0.1) is 0 Å². The van der Waals surface area contributed by atoms with Crippen molar-refractivity contribution in [1.29, 1.82) is 0 Å². The topological polar surface area (TPSA) is 43.6 Å². The molecular formula is C49H30N4. The van der Waals surface area contributed by atoms with Crippen LogP contribution in [0.1, 0.15) is 0 Å². The summed E-state index contributed by atoms with van der Waals surface area (Å²) in [6.45, 7) is 0. The Morgan fingerprint density at radius 3 is 1.62 bits per heavy atom. The summed E-state index contributed by atoms with van der Waals surface area (Å²) in [5.41, 5.74) is 6.38. The Labute approximate surface area is 305 Å². The summed E-state index contributed by atoms with van der Waals surface area (Å²) in [6, 6.07) is 64.6. The van der Waals surface area contributed by atoms with Crippen LogP contribution < -0.4 is 0 Å². The molecule has 0 bridgehead atoms. The minimum Gasteiger partial charge on any atom is -0.309 e. The molecule has 53 heavy (non-hydrogen) atoms. The lowest BCUT2D eigenvalue weighted by molar-refractivity contribution is 1.07. The van der Waals surface area contributed by atoms with Crippen LogP contribution in [0.25, 0.3) is 105 Å². The van der Waals surface area contributed by atoms with Crippen LogP contribution in [0.5, 0.6) is 0 Å². The van der Waals surface area contributed by atoms with E-state index >= 15 is 0 Å². The zero-order chi connectivity index (χ0) is 34.9.